The van der Waals surface area contributed by atoms with Gasteiger partial charge in [-0.3, -0.25) is 4.79 Å². The quantitative estimate of drug-likeness (QED) is 0.942. The second-order valence-corrected chi connectivity index (χ2v) is 5.73. The number of aromatic nitrogens is 2. The van der Waals surface area contributed by atoms with E-state index in [0.29, 0.717) is 16.5 Å². The van der Waals surface area contributed by atoms with Crippen molar-refractivity contribution in [2.75, 3.05) is 18.4 Å². The van der Waals surface area contributed by atoms with Crippen LogP contribution in [0.25, 0.3) is 0 Å². The number of hydrogen-bond donors (Lipinski definition) is 1. The summed E-state index contributed by atoms with van der Waals surface area (Å²) in [7, 11) is 0. The van der Waals surface area contributed by atoms with Gasteiger partial charge in [-0.05, 0) is 37.5 Å². The molecule has 2 aromatic rings. The number of anilines is 2. The van der Waals surface area contributed by atoms with E-state index in [2.05, 4.69) is 15.3 Å². The third kappa shape index (κ3) is 3.04. The van der Waals surface area contributed by atoms with Crippen LogP contribution in [0.1, 0.15) is 28.9 Å². The van der Waals surface area contributed by atoms with Crippen molar-refractivity contribution in [3.63, 3.8) is 0 Å². The van der Waals surface area contributed by atoms with E-state index in [1.807, 2.05) is 30.0 Å². The van der Waals surface area contributed by atoms with Crippen LogP contribution in [0.2, 0.25) is 5.02 Å². The summed E-state index contributed by atoms with van der Waals surface area (Å²) in [5, 5.41) is 3.88. The third-order valence-corrected chi connectivity index (χ3v) is 4.22. The van der Waals surface area contributed by atoms with Crippen LogP contribution >= 0.6 is 11.6 Å². The molecule has 1 amide bonds. The number of benzene rings is 1. The minimum Gasteiger partial charge on any atom is -0.340 e. The summed E-state index contributed by atoms with van der Waals surface area (Å²) in [5.74, 6) is 0.550. The predicted molar refractivity (Wildman–Crippen MR) is 86.6 cm³/mol. The van der Waals surface area contributed by atoms with Gasteiger partial charge in [0.1, 0.15) is 17.8 Å². The van der Waals surface area contributed by atoms with E-state index in [-0.39, 0.29) is 5.91 Å². The van der Waals surface area contributed by atoms with Gasteiger partial charge in [-0.1, -0.05) is 17.7 Å². The van der Waals surface area contributed by atoms with Crippen molar-refractivity contribution in [2.24, 2.45) is 0 Å². The largest absolute Gasteiger partial charge is 0.340 e. The molecule has 0 saturated carbocycles. The Balaban J connectivity index is 1.82. The number of amides is 1. The monoisotopic (exact) mass is 316 g/mol. The normalized spacial score (nSPS) is 14.2. The Morgan fingerprint density at radius 2 is 2.05 bits per heavy atom. The molecule has 5 nitrogen and oxygen atoms in total. The summed E-state index contributed by atoms with van der Waals surface area (Å²) < 4.78 is 0. The summed E-state index contributed by atoms with van der Waals surface area (Å²) in [5.41, 5.74) is 2.22. The van der Waals surface area contributed by atoms with Crippen molar-refractivity contribution in [1.82, 2.24) is 14.9 Å². The van der Waals surface area contributed by atoms with Gasteiger partial charge in [0.15, 0.2) is 0 Å². The lowest BCUT2D eigenvalue weighted by atomic mass is 10.2. The first-order valence-electron chi connectivity index (χ1n) is 7.28. The first-order chi connectivity index (χ1) is 10.6. The second kappa shape index (κ2) is 6.32. The molecule has 114 valence electrons. The molecule has 0 spiro atoms. The highest BCUT2D eigenvalue weighted by Crippen LogP contribution is 2.25. The zero-order valence-corrected chi connectivity index (χ0v) is 13.1. The number of halogens is 1. The SMILES string of the molecule is Cc1c(Cl)cccc1Nc1cc(C(=O)N2CCCC2)ncn1. The summed E-state index contributed by atoms with van der Waals surface area (Å²) in [6, 6.07) is 7.31. The smallest absolute Gasteiger partial charge is 0.272 e. The molecule has 0 bridgehead atoms. The van der Waals surface area contributed by atoms with Gasteiger partial charge in [0, 0.05) is 29.9 Å². The molecule has 22 heavy (non-hydrogen) atoms. The van der Waals surface area contributed by atoms with E-state index in [1.165, 1.54) is 6.33 Å². The lowest BCUT2D eigenvalue weighted by molar-refractivity contribution is 0.0787. The van der Waals surface area contributed by atoms with Gasteiger partial charge in [-0.25, -0.2) is 9.97 Å². The Kier molecular flexibility index (Phi) is 4.24. The molecule has 1 saturated heterocycles. The Morgan fingerprint density at radius 3 is 2.82 bits per heavy atom. The summed E-state index contributed by atoms with van der Waals surface area (Å²) in [6.07, 6.45) is 3.53. The molecular weight excluding hydrogens is 300 g/mol. The molecule has 0 atom stereocenters. The fourth-order valence-electron chi connectivity index (χ4n) is 2.51. The second-order valence-electron chi connectivity index (χ2n) is 5.33. The average molecular weight is 317 g/mol. The molecule has 1 aromatic carbocycles. The van der Waals surface area contributed by atoms with Gasteiger partial charge in [0.25, 0.3) is 5.91 Å². The summed E-state index contributed by atoms with van der Waals surface area (Å²) in [4.78, 5) is 22.5. The van der Waals surface area contributed by atoms with E-state index in [4.69, 9.17) is 11.6 Å². The van der Waals surface area contributed by atoms with Crippen LogP contribution in [0.4, 0.5) is 11.5 Å². The fourth-order valence-corrected chi connectivity index (χ4v) is 2.68. The summed E-state index contributed by atoms with van der Waals surface area (Å²) in [6.45, 7) is 3.54. The Morgan fingerprint density at radius 1 is 1.27 bits per heavy atom. The van der Waals surface area contributed by atoms with Crippen molar-refractivity contribution < 1.29 is 4.79 Å². The molecule has 1 fully saturated rings. The van der Waals surface area contributed by atoms with Crippen LogP contribution in [0.15, 0.2) is 30.6 Å². The predicted octanol–water partition coefficient (Wildman–Crippen LogP) is 3.42. The molecule has 0 aliphatic carbocycles. The maximum absolute atomic E-state index is 12.4. The van der Waals surface area contributed by atoms with Gasteiger partial charge in [0.2, 0.25) is 0 Å². The van der Waals surface area contributed by atoms with Gasteiger partial charge < -0.3 is 10.2 Å². The Labute approximate surface area is 134 Å². The van der Waals surface area contributed by atoms with Gasteiger partial charge in [-0.2, -0.15) is 0 Å². The van der Waals surface area contributed by atoms with Gasteiger partial charge in [0.05, 0.1) is 0 Å². The molecule has 3 rings (SSSR count). The molecule has 1 aliphatic rings. The standard InChI is InChI=1S/C16H17ClN4O/c1-11-12(17)5-4-6-13(11)20-15-9-14(18-10-19-15)16(22)21-7-2-3-8-21/h4-6,9-10H,2-3,7-8H2,1H3,(H,18,19,20). The Hall–Kier alpha value is -2.14. The number of hydrogen-bond acceptors (Lipinski definition) is 4. The highest BCUT2D eigenvalue weighted by atomic mass is 35.5. The number of nitrogens with zero attached hydrogens (tertiary/aromatic N) is 3. The lowest BCUT2D eigenvalue weighted by Crippen LogP contribution is -2.28. The average Bonchev–Trinajstić information content (AvgIpc) is 3.06. The molecule has 1 N–H and O–H groups in total. The van der Waals surface area contributed by atoms with E-state index >= 15 is 0 Å². The van der Waals surface area contributed by atoms with Crippen LogP contribution in [0, 0.1) is 6.92 Å². The molecule has 1 aromatic heterocycles. The Bertz CT molecular complexity index is 698. The third-order valence-electron chi connectivity index (χ3n) is 3.81. The van der Waals surface area contributed by atoms with E-state index in [0.717, 1.165) is 37.2 Å². The van der Waals surface area contributed by atoms with E-state index < -0.39 is 0 Å². The number of likely N-dealkylation sites (tertiary alicyclic amines) is 1. The van der Waals surface area contributed by atoms with Crippen LogP contribution < -0.4 is 5.32 Å². The minimum atomic E-state index is -0.0363. The number of rotatable bonds is 3. The molecule has 6 heteroatoms. The zero-order chi connectivity index (χ0) is 15.5. The van der Waals surface area contributed by atoms with Crippen LogP contribution in [-0.4, -0.2) is 33.9 Å². The maximum Gasteiger partial charge on any atom is 0.272 e. The van der Waals surface area contributed by atoms with Crippen molar-refractivity contribution in [3.05, 3.63) is 46.9 Å². The molecule has 0 unspecified atom stereocenters. The molecule has 2 heterocycles. The van der Waals surface area contributed by atoms with Crippen molar-refractivity contribution in [1.29, 1.82) is 0 Å². The van der Waals surface area contributed by atoms with Gasteiger partial charge >= 0.3 is 0 Å². The highest BCUT2D eigenvalue weighted by molar-refractivity contribution is 6.31. The maximum atomic E-state index is 12.4. The number of carbonyl (C=O) groups excluding carboxylic acids is 1. The molecule has 1 aliphatic heterocycles. The minimum absolute atomic E-state index is 0.0363. The topological polar surface area (TPSA) is 58.1 Å². The fraction of sp³-hybridized carbons (Fsp3) is 0.312. The van der Waals surface area contributed by atoms with Crippen LogP contribution in [0.3, 0.4) is 0 Å². The van der Waals surface area contributed by atoms with Crippen LogP contribution in [-0.2, 0) is 0 Å². The lowest BCUT2D eigenvalue weighted by Gasteiger charge is -2.15. The van der Waals surface area contributed by atoms with Crippen molar-refractivity contribution in [3.8, 4) is 0 Å². The highest BCUT2D eigenvalue weighted by Gasteiger charge is 2.20. The first kappa shape index (κ1) is 14.8. The zero-order valence-electron chi connectivity index (χ0n) is 12.3. The van der Waals surface area contributed by atoms with E-state index in [1.54, 1.807) is 6.07 Å². The van der Waals surface area contributed by atoms with Crippen LogP contribution in [0.5, 0.6) is 0 Å². The van der Waals surface area contributed by atoms with Crippen molar-refractivity contribution >= 4 is 29.0 Å². The first-order valence-corrected chi connectivity index (χ1v) is 7.66. The molecule has 0 radical (unpaired) electrons. The summed E-state index contributed by atoms with van der Waals surface area (Å²) >= 11 is 6.11. The van der Waals surface area contributed by atoms with E-state index in [9.17, 15) is 4.79 Å². The number of carbonyl (C=O) groups is 1. The number of nitrogens with one attached hydrogen (secondary N) is 1. The molecular formula is C16H17ClN4O. The van der Waals surface area contributed by atoms with Crippen molar-refractivity contribution in [2.45, 2.75) is 19.8 Å². The van der Waals surface area contributed by atoms with Gasteiger partial charge in [-0.15, -0.1) is 0 Å².